The molecule has 0 radical (unpaired) electrons. The molecule has 4 nitrogen and oxygen atoms in total. The Balaban J connectivity index is 2.45. The molecule has 0 aliphatic rings. The summed E-state index contributed by atoms with van der Waals surface area (Å²) in [6, 6.07) is 9.83. The smallest absolute Gasteiger partial charge is 0.311 e. The summed E-state index contributed by atoms with van der Waals surface area (Å²) < 4.78 is 5.62. The number of alkyl halides is 1. The Morgan fingerprint density at radius 2 is 2.00 bits per heavy atom. The number of nitrogens with zero attached hydrogens (tertiary/aromatic N) is 1. The van der Waals surface area contributed by atoms with Gasteiger partial charge in [-0.15, -0.1) is 11.6 Å². The summed E-state index contributed by atoms with van der Waals surface area (Å²) in [5, 5.41) is 11.5. The van der Waals surface area contributed by atoms with Crippen molar-refractivity contribution < 1.29 is 9.66 Å². The third-order valence-electron chi connectivity index (χ3n) is 2.74. The molecule has 0 atom stereocenters. The Morgan fingerprint density at radius 3 is 2.65 bits per heavy atom. The van der Waals surface area contributed by atoms with Gasteiger partial charge in [-0.3, -0.25) is 10.1 Å². The second-order valence-electron chi connectivity index (χ2n) is 4.18. The van der Waals surface area contributed by atoms with E-state index in [1.165, 1.54) is 6.07 Å². The van der Waals surface area contributed by atoms with Crippen molar-refractivity contribution in [3.05, 3.63) is 62.7 Å². The molecule has 20 heavy (non-hydrogen) atoms. The Labute approximate surface area is 126 Å². The lowest BCUT2D eigenvalue weighted by Crippen LogP contribution is -1.96. The van der Waals surface area contributed by atoms with Crippen molar-refractivity contribution in [1.29, 1.82) is 0 Å². The molecule has 104 valence electrons. The molecule has 2 aromatic carbocycles. The number of nitro groups is 1. The highest BCUT2D eigenvalue weighted by Gasteiger charge is 2.17. The highest BCUT2D eigenvalue weighted by Crippen LogP contribution is 2.36. The van der Waals surface area contributed by atoms with Gasteiger partial charge in [0.25, 0.3) is 0 Å². The van der Waals surface area contributed by atoms with Gasteiger partial charge < -0.3 is 4.74 Å². The van der Waals surface area contributed by atoms with Gasteiger partial charge in [0.15, 0.2) is 0 Å². The molecule has 0 heterocycles. The highest BCUT2D eigenvalue weighted by molar-refractivity contribution is 6.32. The molecule has 0 spiro atoms. The summed E-state index contributed by atoms with van der Waals surface area (Å²) in [5.74, 6) is 0.739. The molecular weight excluding hydrogens is 301 g/mol. The summed E-state index contributed by atoms with van der Waals surface area (Å²) in [7, 11) is 0. The maximum absolute atomic E-state index is 11.1. The molecule has 0 saturated heterocycles. The number of ether oxygens (including phenoxy) is 1. The fourth-order valence-electron chi connectivity index (χ4n) is 1.74. The van der Waals surface area contributed by atoms with Crippen molar-refractivity contribution in [3.63, 3.8) is 0 Å². The first-order valence-electron chi connectivity index (χ1n) is 5.79. The minimum absolute atomic E-state index is 0.0921. The van der Waals surface area contributed by atoms with Crippen LogP contribution in [0.4, 0.5) is 5.69 Å². The van der Waals surface area contributed by atoms with Crippen LogP contribution >= 0.6 is 23.2 Å². The summed E-state index contributed by atoms with van der Waals surface area (Å²) in [4.78, 5) is 10.6. The number of halogens is 2. The summed E-state index contributed by atoms with van der Waals surface area (Å²) in [6.07, 6.45) is 0. The van der Waals surface area contributed by atoms with Gasteiger partial charge >= 0.3 is 5.69 Å². The van der Waals surface area contributed by atoms with Crippen LogP contribution in [0.5, 0.6) is 11.5 Å². The first-order valence-corrected chi connectivity index (χ1v) is 6.70. The van der Waals surface area contributed by atoms with Crippen LogP contribution in [-0.4, -0.2) is 4.92 Å². The second-order valence-corrected chi connectivity index (χ2v) is 4.85. The molecule has 0 unspecified atom stereocenters. The molecule has 0 bridgehead atoms. The van der Waals surface area contributed by atoms with Crippen LogP contribution in [0.3, 0.4) is 0 Å². The summed E-state index contributed by atoms with van der Waals surface area (Å²) in [5.41, 5.74) is 1.30. The Morgan fingerprint density at radius 1 is 1.25 bits per heavy atom. The van der Waals surface area contributed by atoms with Crippen LogP contribution in [-0.2, 0) is 5.88 Å². The lowest BCUT2D eigenvalue weighted by atomic mass is 10.2. The predicted octanol–water partition coefficient (Wildman–Crippen LogP) is 5.09. The van der Waals surface area contributed by atoms with Gasteiger partial charge in [0.2, 0.25) is 5.75 Å². The largest absolute Gasteiger partial charge is 0.450 e. The molecule has 0 saturated carbocycles. The fourth-order valence-corrected chi connectivity index (χ4v) is 2.32. The molecular formula is C14H11Cl2NO3. The maximum atomic E-state index is 11.1. The van der Waals surface area contributed by atoms with Crippen molar-refractivity contribution in [1.82, 2.24) is 0 Å². The van der Waals surface area contributed by atoms with Crippen molar-refractivity contribution in [3.8, 4) is 11.5 Å². The topological polar surface area (TPSA) is 52.4 Å². The zero-order chi connectivity index (χ0) is 14.7. The second kappa shape index (κ2) is 6.11. The highest BCUT2D eigenvalue weighted by atomic mass is 35.5. The number of nitro benzene ring substituents is 1. The lowest BCUT2D eigenvalue weighted by Gasteiger charge is -2.11. The normalized spacial score (nSPS) is 10.3. The van der Waals surface area contributed by atoms with E-state index < -0.39 is 4.92 Å². The fraction of sp³-hybridized carbons (Fsp3) is 0.143. The maximum Gasteiger partial charge on any atom is 0.311 e. The van der Waals surface area contributed by atoms with Crippen molar-refractivity contribution in [2.24, 2.45) is 0 Å². The van der Waals surface area contributed by atoms with Gasteiger partial charge in [-0.05, 0) is 30.7 Å². The van der Waals surface area contributed by atoms with E-state index >= 15 is 0 Å². The lowest BCUT2D eigenvalue weighted by molar-refractivity contribution is -0.385. The van der Waals surface area contributed by atoms with Gasteiger partial charge in [0.05, 0.1) is 10.8 Å². The molecule has 0 aliphatic heterocycles. The Bertz CT molecular complexity index is 659. The van der Waals surface area contributed by atoms with Crippen LogP contribution in [0.2, 0.25) is 5.02 Å². The molecule has 6 heteroatoms. The number of benzene rings is 2. The monoisotopic (exact) mass is 311 g/mol. The van der Waals surface area contributed by atoms with Crippen LogP contribution in [0, 0.1) is 17.0 Å². The SMILES string of the molecule is Cc1ccc(Oc2cccc(Cl)c2CCl)c([N+](=O)[O-])c1. The number of aryl methyl sites for hydroxylation is 1. The molecule has 0 aliphatic carbocycles. The molecule has 2 aromatic rings. The molecule has 2 rings (SSSR count). The average molecular weight is 312 g/mol. The average Bonchev–Trinajstić information content (AvgIpc) is 2.41. The van der Waals surface area contributed by atoms with Crippen molar-refractivity contribution in [2.75, 3.05) is 0 Å². The van der Waals surface area contributed by atoms with Crippen LogP contribution in [0.15, 0.2) is 36.4 Å². The minimum Gasteiger partial charge on any atom is -0.450 e. The van der Waals surface area contributed by atoms with E-state index in [-0.39, 0.29) is 17.3 Å². The zero-order valence-electron chi connectivity index (χ0n) is 10.6. The van der Waals surface area contributed by atoms with E-state index in [9.17, 15) is 10.1 Å². The van der Waals surface area contributed by atoms with Crippen LogP contribution < -0.4 is 4.74 Å². The van der Waals surface area contributed by atoms with Gasteiger partial charge in [-0.2, -0.15) is 0 Å². The first-order chi connectivity index (χ1) is 9.52. The van der Waals surface area contributed by atoms with Crippen molar-refractivity contribution in [2.45, 2.75) is 12.8 Å². The molecule has 0 aromatic heterocycles. The quantitative estimate of drug-likeness (QED) is 0.449. The Hall–Kier alpha value is -1.78. The standard InChI is InChI=1S/C14H11Cl2NO3/c1-9-5-6-14(12(7-9)17(18)19)20-13-4-2-3-11(16)10(13)8-15/h2-7H,8H2,1H3. The minimum atomic E-state index is -0.479. The Kier molecular flexibility index (Phi) is 4.47. The van der Waals surface area contributed by atoms with E-state index in [0.29, 0.717) is 16.3 Å². The third-order valence-corrected chi connectivity index (χ3v) is 3.36. The number of rotatable bonds is 4. The molecule has 0 N–H and O–H groups in total. The van der Waals surface area contributed by atoms with Gasteiger partial charge in [0.1, 0.15) is 5.75 Å². The predicted molar refractivity (Wildman–Crippen MR) is 78.9 cm³/mol. The van der Waals surface area contributed by atoms with Gasteiger partial charge in [-0.1, -0.05) is 23.7 Å². The zero-order valence-corrected chi connectivity index (χ0v) is 12.1. The van der Waals surface area contributed by atoms with E-state index in [2.05, 4.69) is 0 Å². The number of hydrogen-bond acceptors (Lipinski definition) is 3. The first kappa shape index (κ1) is 14.6. The third kappa shape index (κ3) is 3.03. The number of hydrogen-bond donors (Lipinski definition) is 0. The van der Waals surface area contributed by atoms with Gasteiger partial charge in [-0.25, -0.2) is 0 Å². The summed E-state index contributed by atoms with van der Waals surface area (Å²) >= 11 is 11.9. The summed E-state index contributed by atoms with van der Waals surface area (Å²) in [6.45, 7) is 1.78. The van der Waals surface area contributed by atoms with E-state index in [0.717, 1.165) is 5.56 Å². The van der Waals surface area contributed by atoms with E-state index in [1.54, 1.807) is 37.3 Å². The van der Waals surface area contributed by atoms with E-state index in [4.69, 9.17) is 27.9 Å². The van der Waals surface area contributed by atoms with Gasteiger partial charge in [0, 0.05) is 16.7 Å². The van der Waals surface area contributed by atoms with E-state index in [1.807, 2.05) is 0 Å². The van der Waals surface area contributed by atoms with Crippen LogP contribution in [0.1, 0.15) is 11.1 Å². The van der Waals surface area contributed by atoms with Crippen LogP contribution in [0.25, 0.3) is 0 Å². The molecule has 0 fully saturated rings. The van der Waals surface area contributed by atoms with Crippen molar-refractivity contribution >= 4 is 28.9 Å². The molecule has 0 amide bonds.